The third-order valence-electron chi connectivity index (χ3n) is 3.19. The van der Waals surface area contributed by atoms with Gasteiger partial charge in [-0.15, -0.1) is 22.7 Å². The zero-order valence-electron chi connectivity index (χ0n) is 11.8. The highest BCUT2D eigenvalue weighted by Gasteiger charge is 2.16. The van der Waals surface area contributed by atoms with Gasteiger partial charge in [-0.05, 0) is 34.5 Å². The van der Waals surface area contributed by atoms with Crippen LogP contribution in [0.4, 0.5) is 0 Å². The fraction of sp³-hybridized carbons (Fsp3) is 0.0556. The molecule has 1 atom stereocenters. The maximum absolute atomic E-state index is 12.2. The molecule has 3 rings (SSSR count). The number of hydrogen-bond acceptors (Lipinski definition) is 3. The summed E-state index contributed by atoms with van der Waals surface area (Å²) >= 11 is 3.26. The fourth-order valence-corrected chi connectivity index (χ4v) is 3.57. The van der Waals surface area contributed by atoms with Gasteiger partial charge in [0.05, 0.1) is 6.04 Å². The second kappa shape index (κ2) is 7.20. The van der Waals surface area contributed by atoms with E-state index in [9.17, 15) is 4.79 Å². The van der Waals surface area contributed by atoms with Crippen LogP contribution in [0.1, 0.15) is 21.4 Å². The molecule has 0 aliphatic carbocycles. The summed E-state index contributed by atoms with van der Waals surface area (Å²) in [6, 6.07) is 17.9. The summed E-state index contributed by atoms with van der Waals surface area (Å²) in [4.78, 5) is 14.4. The van der Waals surface area contributed by atoms with Gasteiger partial charge in [0.15, 0.2) is 0 Å². The zero-order valence-corrected chi connectivity index (χ0v) is 13.4. The SMILES string of the molecule is O=C(/C=C/c1cccs1)N[C@H](c1ccccc1)c1cccs1. The first-order chi connectivity index (χ1) is 10.8. The molecule has 1 aromatic carbocycles. The van der Waals surface area contributed by atoms with Gasteiger partial charge in [0, 0.05) is 15.8 Å². The third kappa shape index (κ3) is 3.72. The number of benzene rings is 1. The van der Waals surface area contributed by atoms with E-state index in [1.54, 1.807) is 28.7 Å². The average Bonchev–Trinajstić information content (AvgIpc) is 3.25. The second-order valence-electron chi connectivity index (χ2n) is 4.72. The first-order valence-corrected chi connectivity index (χ1v) is 8.69. The van der Waals surface area contributed by atoms with Crippen molar-refractivity contribution in [2.75, 3.05) is 0 Å². The molecule has 0 aliphatic rings. The van der Waals surface area contributed by atoms with Gasteiger partial charge < -0.3 is 5.32 Å². The van der Waals surface area contributed by atoms with Gasteiger partial charge in [-0.3, -0.25) is 4.79 Å². The molecule has 0 saturated heterocycles. The predicted molar refractivity (Wildman–Crippen MR) is 94.1 cm³/mol. The van der Waals surface area contributed by atoms with Gasteiger partial charge in [-0.1, -0.05) is 42.5 Å². The Morgan fingerprint density at radius 2 is 1.73 bits per heavy atom. The van der Waals surface area contributed by atoms with Crippen LogP contribution in [-0.2, 0) is 4.79 Å². The first kappa shape index (κ1) is 14.8. The molecule has 0 spiro atoms. The molecular formula is C18H15NOS2. The summed E-state index contributed by atoms with van der Waals surface area (Å²) in [6.45, 7) is 0. The molecule has 1 amide bonds. The molecule has 4 heteroatoms. The van der Waals surface area contributed by atoms with E-state index < -0.39 is 0 Å². The van der Waals surface area contributed by atoms with Crippen LogP contribution in [0.3, 0.4) is 0 Å². The highest BCUT2D eigenvalue weighted by molar-refractivity contribution is 7.10. The van der Waals surface area contributed by atoms with Crippen molar-refractivity contribution in [3.8, 4) is 0 Å². The van der Waals surface area contributed by atoms with Gasteiger partial charge in [0.2, 0.25) is 5.91 Å². The molecule has 0 fully saturated rings. The Bertz CT molecular complexity index is 731. The monoisotopic (exact) mass is 325 g/mol. The van der Waals surface area contributed by atoms with Gasteiger partial charge in [-0.2, -0.15) is 0 Å². The Labute approximate surface area is 137 Å². The van der Waals surface area contributed by atoms with E-state index in [1.807, 2.05) is 71.4 Å². The summed E-state index contributed by atoms with van der Waals surface area (Å²) in [6.07, 6.45) is 3.44. The van der Waals surface area contributed by atoms with Crippen LogP contribution >= 0.6 is 22.7 Å². The Kier molecular flexibility index (Phi) is 4.83. The van der Waals surface area contributed by atoms with Crippen molar-refractivity contribution in [1.82, 2.24) is 5.32 Å². The lowest BCUT2D eigenvalue weighted by Gasteiger charge is -2.17. The lowest BCUT2D eigenvalue weighted by Crippen LogP contribution is -2.27. The minimum Gasteiger partial charge on any atom is -0.341 e. The average molecular weight is 325 g/mol. The summed E-state index contributed by atoms with van der Waals surface area (Å²) in [5.74, 6) is -0.0874. The van der Waals surface area contributed by atoms with Crippen molar-refractivity contribution in [2.24, 2.45) is 0 Å². The van der Waals surface area contributed by atoms with Crippen molar-refractivity contribution in [3.05, 3.63) is 86.8 Å². The second-order valence-corrected chi connectivity index (χ2v) is 6.68. The Hall–Kier alpha value is -2.17. The standard InChI is InChI=1S/C18H15NOS2/c20-17(11-10-15-8-4-12-21-15)19-18(16-9-5-13-22-16)14-6-2-1-3-7-14/h1-13,18H,(H,19,20)/b11-10+/t18-/m1/s1. The van der Waals surface area contributed by atoms with Crippen LogP contribution < -0.4 is 5.32 Å². The highest BCUT2D eigenvalue weighted by atomic mass is 32.1. The maximum atomic E-state index is 12.2. The molecular weight excluding hydrogens is 310 g/mol. The minimum absolute atomic E-state index is 0.0874. The van der Waals surface area contributed by atoms with Crippen molar-refractivity contribution in [1.29, 1.82) is 0 Å². The van der Waals surface area contributed by atoms with Crippen LogP contribution in [0.15, 0.2) is 71.4 Å². The Balaban J connectivity index is 1.77. The van der Waals surface area contributed by atoms with E-state index >= 15 is 0 Å². The third-order valence-corrected chi connectivity index (χ3v) is 4.96. The summed E-state index contributed by atoms with van der Waals surface area (Å²) < 4.78 is 0. The van der Waals surface area contributed by atoms with E-state index in [2.05, 4.69) is 5.32 Å². The zero-order chi connectivity index (χ0) is 15.2. The lowest BCUT2D eigenvalue weighted by atomic mass is 10.1. The predicted octanol–water partition coefficient (Wildman–Crippen LogP) is 4.73. The Morgan fingerprint density at radius 1 is 0.955 bits per heavy atom. The van der Waals surface area contributed by atoms with Crippen LogP contribution in [0.25, 0.3) is 6.08 Å². The number of hydrogen-bond donors (Lipinski definition) is 1. The molecule has 1 N–H and O–H groups in total. The number of thiophene rings is 2. The maximum Gasteiger partial charge on any atom is 0.244 e. The van der Waals surface area contributed by atoms with Crippen molar-refractivity contribution < 1.29 is 4.79 Å². The van der Waals surface area contributed by atoms with Crippen molar-refractivity contribution >= 4 is 34.7 Å². The molecule has 110 valence electrons. The largest absolute Gasteiger partial charge is 0.341 e. The van der Waals surface area contributed by atoms with Gasteiger partial charge in [0.1, 0.15) is 0 Å². The van der Waals surface area contributed by atoms with Crippen LogP contribution in [-0.4, -0.2) is 5.91 Å². The lowest BCUT2D eigenvalue weighted by molar-refractivity contribution is -0.116. The molecule has 22 heavy (non-hydrogen) atoms. The molecule has 2 heterocycles. The summed E-state index contributed by atoms with van der Waals surface area (Å²) in [5, 5.41) is 7.11. The topological polar surface area (TPSA) is 29.1 Å². The molecule has 0 unspecified atom stereocenters. The number of amides is 1. The number of carbonyl (C=O) groups excluding carboxylic acids is 1. The van der Waals surface area contributed by atoms with Crippen molar-refractivity contribution in [2.45, 2.75) is 6.04 Å². The van der Waals surface area contributed by atoms with Crippen LogP contribution in [0, 0.1) is 0 Å². The van der Waals surface area contributed by atoms with Gasteiger partial charge in [0.25, 0.3) is 0 Å². The summed E-state index contributed by atoms with van der Waals surface area (Å²) in [7, 11) is 0. The van der Waals surface area contributed by atoms with Gasteiger partial charge in [-0.25, -0.2) is 0 Å². The molecule has 0 bridgehead atoms. The highest BCUT2D eigenvalue weighted by Crippen LogP contribution is 2.25. The molecule has 3 aromatic rings. The number of nitrogens with one attached hydrogen (secondary N) is 1. The van der Waals surface area contributed by atoms with E-state index in [-0.39, 0.29) is 11.9 Å². The van der Waals surface area contributed by atoms with E-state index in [1.165, 1.54) is 0 Å². The minimum atomic E-state index is -0.110. The number of rotatable bonds is 5. The van der Waals surface area contributed by atoms with E-state index in [0.29, 0.717) is 0 Å². The quantitative estimate of drug-likeness (QED) is 0.675. The summed E-state index contributed by atoms with van der Waals surface area (Å²) in [5.41, 5.74) is 1.09. The smallest absolute Gasteiger partial charge is 0.244 e. The van der Waals surface area contributed by atoms with Gasteiger partial charge >= 0.3 is 0 Å². The Morgan fingerprint density at radius 3 is 2.41 bits per heavy atom. The first-order valence-electron chi connectivity index (χ1n) is 6.93. The van der Waals surface area contributed by atoms with E-state index in [4.69, 9.17) is 0 Å². The van der Waals surface area contributed by atoms with Crippen LogP contribution in [0.5, 0.6) is 0 Å². The van der Waals surface area contributed by atoms with Crippen molar-refractivity contribution in [3.63, 3.8) is 0 Å². The van der Waals surface area contributed by atoms with Crippen LogP contribution in [0.2, 0.25) is 0 Å². The molecule has 0 aliphatic heterocycles. The molecule has 2 nitrogen and oxygen atoms in total. The fourth-order valence-electron chi connectivity index (χ4n) is 2.15. The molecule has 2 aromatic heterocycles. The number of carbonyl (C=O) groups is 1. The molecule has 0 saturated carbocycles. The normalized spacial score (nSPS) is 12.4. The molecule has 0 radical (unpaired) electrons. The van der Waals surface area contributed by atoms with E-state index in [0.717, 1.165) is 15.3 Å².